The first-order valence-electron chi connectivity index (χ1n) is 9.22. The smallest absolute Gasteiger partial charge is 0.243 e. The lowest BCUT2D eigenvalue weighted by molar-refractivity contribution is 0.0730. The molecule has 11 heteroatoms. The number of sulfonamides is 1. The predicted octanol–water partition coefficient (Wildman–Crippen LogP) is 3.03. The molecule has 1 aromatic heterocycles. The number of aromatic amines is 1. The Morgan fingerprint density at radius 1 is 1.13 bits per heavy atom. The van der Waals surface area contributed by atoms with Crippen LogP contribution in [0.3, 0.4) is 0 Å². The largest absolute Gasteiger partial charge is 0.493 e. The van der Waals surface area contributed by atoms with Crippen LogP contribution in [0.25, 0.3) is 11.0 Å². The van der Waals surface area contributed by atoms with Gasteiger partial charge in [0.25, 0.3) is 0 Å². The van der Waals surface area contributed by atoms with Crippen LogP contribution in [0.4, 0.5) is 8.78 Å². The van der Waals surface area contributed by atoms with E-state index in [0.717, 1.165) is 12.1 Å². The van der Waals surface area contributed by atoms with Gasteiger partial charge in [-0.25, -0.2) is 22.2 Å². The molecule has 0 bridgehead atoms. The van der Waals surface area contributed by atoms with E-state index in [1.54, 1.807) is 12.1 Å². The molecule has 30 heavy (non-hydrogen) atoms. The van der Waals surface area contributed by atoms with Gasteiger partial charge < -0.3 is 14.5 Å². The number of benzene rings is 2. The maximum atomic E-state index is 13.3. The number of hydrogen-bond donors (Lipinski definition) is 1. The molecule has 1 fully saturated rings. The van der Waals surface area contributed by atoms with E-state index in [1.807, 2.05) is 0 Å². The average molecular weight is 456 g/mol. The zero-order chi connectivity index (χ0) is 21.1. The van der Waals surface area contributed by atoms with E-state index in [9.17, 15) is 17.2 Å². The fraction of sp³-hybridized carbons (Fsp3) is 0.316. The Morgan fingerprint density at radius 2 is 1.83 bits per heavy atom. The Labute approximate surface area is 176 Å². The van der Waals surface area contributed by atoms with Crippen molar-refractivity contribution in [1.29, 1.82) is 0 Å². The van der Waals surface area contributed by atoms with Crippen LogP contribution in [-0.2, 0) is 14.8 Å². The van der Waals surface area contributed by atoms with E-state index < -0.39 is 21.7 Å². The molecule has 1 N–H and O–H groups in total. The van der Waals surface area contributed by atoms with E-state index in [4.69, 9.17) is 9.47 Å². The van der Waals surface area contributed by atoms with Gasteiger partial charge in [0, 0.05) is 31.0 Å². The summed E-state index contributed by atoms with van der Waals surface area (Å²) in [7, 11) is -3.53. The van der Waals surface area contributed by atoms with Crippen LogP contribution in [0.5, 0.6) is 5.75 Å². The van der Waals surface area contributed by atoms with Crippen LogP contribution >= 0.6 is 11.8 Å². The van der Waals surface area contributed by atoms with E-state index in [1.165, 1.54) is 28.2 Å². The van der Waals surface area contributed by atoms with Crippen LogP contribution in [0.2, 0.25) is 0 Å². The van der Waals surface area contributed by atoms with Crippen LogP contribution in [-0.4, -0.2) is 61.4 Å². The molecule has 160 valence electrons. The number of halogens is 2. The zero-order valence-electron chi connectivity index (χ0n) is 15.8. The number of morpholine rings is 1. The Bertz CT molecular complexity index is 1090. The van der Waals surface area contributed by atoms with Crippen LogP contribution < -0.4 is 4.74 Å². The van der Waals surface area contributed by atoms with Gasteiger partial charge >= 0.3 is 0 Å². The molecule has 2 heterocycles. The topological polar surface area (TPSA) is 84.5 Å². The van der Waals surface area contributed by atoms with Gasteiger partial charge in [-0.2, -0.15) is 4.31 Å². The molecule has 1 aliphatic heterocycles. The first-order chi connectivity index (χ1) is 14.4. The van der Waals surface area contributed by atoms with Crippen molar-refractivity contribution in [2.24, 2.45) is 0 Å². The van der Waals surface area contributed by atoms with Crippen molar-refractivity contribution in [2.45, 2.75) is 10.1 Å². The van der Waals surface area contributed by atoms with E-state index in [-0.39, 0.29) is 4.90 Å². The van der Waals surface area contributed by atoms with Gasteiger partial charge in [-0.05, 0) is 24.3 Å². The summed E-state index contributed by atoms with van der Waals surface area (Å²) >= 11 is 1.35. The molecule has 0 unspecified atom stereocenters. The van der Waals surface area contributed by atoms with Crippen LogP contribution in [0.1, 0.15) is 0 Å². The maximum Gasteiger partial charge on any atom is 0.243 e. The number of thioether (sulfide) groups is 1. The number of nitrogens with one attached hydrogen (secondary N) is 1. The summed E-state index contributed by atoms with van der Waals surface area (Å²) in [6, 6.07) is 8.40. The molecule has 0 aliphatic carbocycles. The summed E-state index contributed by atoms with van der Waals surface area (Å²) in [4.78, 5) is 7.35. The predicted molar refractivity (Wildman–Crippen MR) is 108 cm³/mol. The number of hydrogen-bond acceptors (Lipinski definition) is 6. The SMILES string of the molecule is O=S(=O)(c1ccc(OCCSc2nc3cc(F)c(F)cc3[nH]2)cc1)N1CCOCC1. The van der Waals surface area contributed by atoms with E-state index >= 15 is 0 Å². The lowest BCUT2D eigenvalue weighted by atomic mass is 10.3. The quantitative estimate of drug-likeness (QED) is 0.436. The highest BCUT2D eigenvalue weighted by molar-refractivity contribution is 7.99. The highest BCUT2D eigenvalue weighted by Gasteiger charge is 2.26. The van der Waals surface area contributed by atoms with Gasteiger partial charge in [0.1, 0.15) is 5.75 Å². The molecule has 2 aromatic carbocycles. The lowest BCUT2D eigenvalue weighted by Gasteiger charge is -2.26. The molecular weight excluding hydrogens is 436 g/mol. The number of rotatable bonds is 7. The highest BCUT2D eigenvalue weighted by atomic mass is 32.2. The van der Waals surface area contributed by atoms with Crippen molar-refractivity contribution < 1.29 is 26.7 Å². The molecular formula is C19H19F2N3O4S2. The number of nitrogens with zero attached hydrogens (tertiary/aromatic N) is 2. The normalized spacial score (nSPS) is 15.5. The molecule has 0 amide bonds. The lowest BCUT2D eigenvalue weighted by Crippen LogP contribution is -2.40. The second-order valence-electron chi connectivity index (χ2n) is 6.51. The minimum Gasteiger partial charge on any atom is -0.493 e. The summed E-state index contributed by atoms with van der Waals surface area (Å²) in [5, 5.41) is 0.533. The Balaban J connectivity index is 1.30. The number of imidazole rings is 1. The number of H-pyrrole nitrogens is 1. The molecule has 0 spiro atoms. The summed E-state index contributed by atoms with van der Waals surface area (Å²) in [5.41, 5.74) is 0.781. The Kier molecular flexibility index (Phi) is 6.23. The van der Waals surface area contributed by atoms with Gasteiger partial charge in [0.2, 0.25) is 10.0 Å². The maximum absolute atomic E-state index is 13.3. The fourth-order valence-corrected chi connectivity index (χ4v) is 5.10. The molecule has 0 radical (unpaired) electrons. The molecule has 0 saturated carbocycles. The minimum atomic E-state index is -3.53. The molecule has 3 aromatic rings. The summed E-state index contributed by atoms with van der Waals surface area (Å²) in [6.45, 7) is 1.83. The Morgan fingerprint density at radius 3 is 2.57 bits per heavy atom. The van der Waals surface area contributed by atoms with Gasteiger partial charge in [0.05, 0.1) is 35.7 Å². The fourth-order valence-electron chi connectivity index (χ4n) is 2.99. The van der Waals surface area contributed by atoms with Crippen molar-refractivity contribution in [2.75, 3.05) is 38.7 Å². The van der Waals surface area contributed by atoms with Crippen molar-refractivity contribution in [3.63, 3.8) is 0 Å². The molecule has 7 nitrogen and oxygen atoms in total. The third-order valence-electron chi connectivity index (χ3n) is 4.52. The second-order valence-corrected chi connectivity index (χ2v) is 9.53. The van der Waals surface area contributed by atoms with Crippen molar-refractivity contribution in [3.05, 3.63) is 48.0 Å². The van der Waals surface area contributed by atoms with E-state index in [0.29, 0.717) is 60.6 Å². The second kappa shape index (κ2) is 8.88. The summed E-state index contributed by atoms with van der Waals surface area (Å²) in [5.74, 6) is -0.776. The van der Waals surface area contributed by atoms with Crippen molar-refractivity contribution in [1.82, 2.24) is 14.3 Å². The Hall–Kier alpha value is -2.21. The minimum absolute atomic E-state index is 0.216. The third kappa shape index (κ3) is 4.59. The molecule has 0 atom stereocenters. The number of aromatic nitrogens is 2. The highest BCUT2D eigenvalue weighted by Crippen LogP contribution is 2.23. The number of fused-ring (bicyclic) bond motifs is 1. The molecule has 4 rings (SSSR count). The van der Waals surface area contributed by atoms with E-state index in [2.05, 4.69) is 9.97 Å². The van der Waals surface area contributed by atoms with Gasteiger partial charge in [-0.15, -0.1) is 0 Å². The zero-order valence-corrected chi connectivity index (χ0v) is 17.4. The first-order valence-corrected chi connectivity index (χ1v) is 11.6. The van der Waals surface area contributed by atoms with Gasteiger partial charge in [0.15, 0.2) is 16.8 Å². The number of ether oxygens (including phenoxy) is 2. The monoisotopic (exact) mass is 455 g/mol. The van der Waals surface area contributed by atoms with Crippen molar-refractivity contribution in [3.8, 4) is 5.75 Å². The van der Waals surface area contributed by atoms with Gasteiger partial charge in [-0.3, -0.25) is 0 Å². The first kappa shape index (κ1) is 21.0. The molecule has 1 saturated heterocycles. The van der Waals surface area contributed by atoms with Crippen molar-refractivity contribution >= 4 is 32.8 Å². The van der Waals surface area contributed by atoms with Gasteiger partial charge in [-0.1, -0.05) is 11.8 Å². The van der Waals surface area contributed by atoms with Crippen LogP contribution in [0, 0.1) is 11.6 Å². The molecule has 1 aliphatic rings. The third-order valence-corrected chi connectivity index (χ3v) is 7.28. The average Bonchev–Trinajstić information content (AvgIpc) is 3.14. The standard InChI is InChI=1S/C19H19F2N3O4S2/c20-15-11-17-18(12-16(15)21)23-19(22-17)29-10-9-28-13-1-3-14(4-2-13)30(25,26)24-5-7-27-8-6-24/h1-4,11-12H,5-10H2,(H,22,23). The summed E-state index contributed by atoms with van der Waals surface area (Å²) < 4.78 is 64.0. The summed E-state index contributed by atoms with van der Waals surface area (Å²) in [6.07, 6.45) is 0. The van der Waals surface area contributed by atoms with Crippen LogP contribution in [0.15, 0.2) is 46.5 Å².